The van der Waals surface area contributed by atoms with Crippen LogP contribution in [0.25, 0.3) is 0 Å². The van der Waals surface area contributed by atoms with Crippen LogP contribution >= 0.6 is 0 Å². The van der Waals surface area contributed by atoms with Crippen LogP contribution in [0, 0.1) is 5.92 Å². The average molecular weight is 281 g/mol. The summed E-state index contributed by atoms with van der Waals surface area (Å²) in [6, 6.07) is 17.8. The minimum absolute atomic E-state index is 0.109. The van der Waals surface area contributed by atoms with Gasteiger partial charge in [-0.15, -0.1) is 0 Å². The first-order chi connectivity index (χ1) is 10.2. The highest BCUT2D eigenvalue weighted by molar-refractivity contribution is 5.83. The van der Waals surface area contributed by atoms with E-state index in [0.29, 0.717) is 12.2 Å². The van der Waals surface area contributed by atoms with Crippen molar-refractivity contribution in [1.29, 1.82) is 0 Å². The Labute approximate surface area is 125 Å². The molecule has 0 N–H and O–H groups in total. The molecule has 2 aromatic carbocycles. The van der Waals surface area contributed by atoms with Crippen LogP contribution in [-0.4, -0.2) is 18.9 Å². The topological polar surface area (TPSA) is 29.5 Å². The Bertz CT molecular complexity index is 624. The van der Waals surface area contributed by atoms with Gasteiger partial charge in [-0.05, 0) is 24.3 Å². The second kappa shape index (κ2) is 6.00. The Morgan fingerprint density at radius 1 is 1.05 bits per heavy atom. The van der Waals surface area contributed by atoms with Gasteiger partial charge < -0.3 is 9.64 Å². The molecule has 0 aliphatic carbocycles. The van der Waals surface area contributed by atoms with Gasteiger partial charge in [0.25, 0.3) is 0 Å². The highest BCUT2D eigenvalue weighted by Gasteiger charge is 2.23. The largest absolute Gasteiger partial charge is 0.457 e. The summed E-state index contributed by atoms with van der Waals surface area (Å²) < 4.78 is 5.86. The third-order valence-electron chi connectivity index (χ3n) is 3.83. The summed E-state index contributed by atoms with van der Waals surface area (Å²) in [5.74, 6) is 2.13. The number of Topliss-reactive ketones (excluding diaryl/α,β-unsaturated/α-hetero) is 1. The van der Waals surface area contributed by atoms with Crippen molar-refractivity contribution in [3.05, 3.63) is 54.6 Å². The molecule has 2 aromatic rings. The number of para-hydroxylation sites is 1. The average Bonchev–Trinajstić information content (AvgIpc) is 2.51. The molecule has 1 fully saturated rings. The lowest BCUT2D eigenvalue weighted by molar-refractivity contribution is -0.122. The molecule has 0 bridgehead atoms. The number of rotatable bonds is 3. The molecule has 1 heterocycles. The highest BCUT2D eigenvalue weighted by Crippen LogP contribution is 2.27. The fourth-order valence-electron chi connectivity index (χ4n) is 2.62. The minimum atomic E-state index is 0.109. The molecular formula is C18H19NO2. The van der Waals surface area contributed by atoms with Crippen molar-refractivity contribution in [3.63, 3.8) is 0 Å². The summed E-state index contributed by atoms with van der Waals surface area (Å²) in [5, 5.41) is 0. The number of nitrogens with zero attached hydrogens (tertiary/aromatic N) is 1. The van der Waals surface area contributed by atoms with Gasteiger partial charge in [-0.1, -0.05) is 31.2 Å². The standard InChI is InChI=1S/C18H19NO2/c1-14-13-19(11-10-18(14)20)15-6-5-9-17(12-15)21-16-7-3-2-4-8-16/h2-9,12,14H,10-11,13H2,1H3. The van der Waals surface area contributed by atoms with E-state index < -0.39 is 0 Å². The molecule has 21 heavy (non-hydrogen) atoms. The monoisotopic (exact) mass is 281 g/mol. The maximum atomic E-state index is 11.6. The van der Waals surface area contributed by atoms with Crippen molar-refractivity contribution in [3.8, 4) is 11.5 Å². The third-order valence-corrected chi connectivity index (χ3v) is 3.83. The first-order valence-corrected chi connectivity index (χ1v) is 7.33. The molecule has 0 radical (unpaired) electrons. The predicted molar refractivity (Wildman–Crippen MR) is 84.0 cm³/mol. The Morgan fingerprint density at radius 2 is 1.81 bits per heavy atom. The Balaban J connectivity index is 1.76. The fraction of sp³-hybridized carbons (Fsp3) is 0.278. The molecule has 3 rings (SSSR count). The SMILES string of the molecule is CC1CN(c2cccc(Oc3ccccc3)c2)CCC1=O. The third kappa shape index (κ3) is 3.24. The fourth-order valence-corrected chi connectivity index (χ4v) is 2.62. The summed E-state index contributed by atoms with van der Waals surface area (Å²) >= 11 is 0. The number of hydrogen-bond acceptors (Lipinski definition) is 3. The van der Waals surface area contributed by atoms with Crippen LogP contribution in [0.1, 0.15) is 13.3 Å². The molecule has 0 aromatic heterocycles. The lowest BCUT2D eigenvalue weighted by Crippen LogP contribution is -2.39. The molecule has 1 aliphatic heterocycles. The number of benzene rings is 2. The molecule has 1 unspecified atom stereocenters. The summed E-state index contributed by atoms with van der Waals surface area (Å²) in [4.78, 5) is 13.9. The van der Waals surface area contributed by atoms with Gasteiger partial charge in [-0.25, -0.2) is 0 Å². The van der Waals surface area contributed by atoms with Gasteiger partial charge in [0.2, 0.25) is 0 Å². The van der Waals surface area contributed by atoms with E-state index in [0.717, 1.165) is 30.3 Å². The summed E-state index contributed by atoms with van der Waals surface area (Å²) in [7, 11) is 0. The van der Waals surface area contributed by atoms with Crippen molar-refractivity contribution in [2.24, 2.45) is 5.92 Å². The number of carbonyl (C=O) groups is 1. The maximum absolute atomic E-state index is 11.6. The van der Waals surface area contributed by atoms with Crippen molar-refractivity contribution >= 4 is 11.5 Å². The van der Waals surface area contributed by atoms with Crippen LogP contribution in [0.15, 0.2) is 54.6 Å². The van der Waals surface area contributed by atoms with E-state index in [1.165, 1.54) is 0 Å². The van der Waals surface area contributed by atoms with E-state index in [4.69, 9.17) is 4.74 Å². The van der Waals surface area contributed by atoms with E-state index in [9.17, 15) is 4.79 Å². The van der Waals surface area contributed by atoms with Gasteiger partial charge >= 0.3 is 0 Å². The van der Waals surface area contributed by atoms with E-state index in [-0.39, 0.29) is 5.92 Å². The van der Waals surface area contributed by atoms with Crippen LogP contribution in [0.4, 0.5) is 5.69 Å². The highest BCUT2D eigenvalue weighted by atomic mass is 16.5. The zero-order valence-electron chi connectivity index (χ0n) is 12.2. The molecule has 3 nitrogen and oxygen atoms in total. The zero-order valence-corrected chi connectivity index (χ0v) is 12.2. The van der Waals surface area contributed by atoms with Crippen molar-refractivity contribution in [2.45, 2.75) is 13.3 Å². The van der Waals surface area contributed by atoms with Gasteiger partial charge in [0.05, 0.1) is 0 Å². The number of piperidine rings is 1. The number of anilines is 1. The van der Waals surface area contributed by atoms with Gasteiger partial charge in [0, 0.05) is 37.2 Å². The van der Waals surface area contributed by atoms with Crippen molar-refractivity contribution < 1.29 is 9.53 Å². The van der Waals surface area contributed by atoms with Crippen molar-refractivity contribution in [2.75, 3.05) is 18.0 Å². The first kappa shape index (κ1) is 13.7. The van der Waals surface area contributed by atoms with Gasteiger partial charge in [0.1, 0.15) is 17.3 Å². The molecule has 0 amide bonds. The van der Waals surface area contributed by atoms with Gasteiger partial charge in [-0.3, -0.25) is 4.79 Å². The van der Waals surface area contributed by atoms with Crippen LogP contribution in [0.2, 0.25) is 0 Å². The molecular weight excluding hydrogens is 262 g/mol. The first-order valence-electron chi connectivity index (χ1n) is 7.33. The Morgan fingerprint density at radius 3 is 2.57 bits per heavy atom. The number of ether oxygens (including phenoxy) is 1. The summed E-state index contributed by atoms with van der Waals surface area (Å²) in [5.41, 5.74) is 1.11. The molecule has 1 atom stereocenters. The quantitative estimate of drug-likeness (QED) is 0.854. The van der Waals surface area contributed by atoms with Crippen molar-refractivity contribution in [1.82, 2.24) is 0 Å². The smallest absolute Gasteiger partial charge is 0.139 e. The second-order valence-corrected chi connectivity index (χ2v) is 5.48. The van der Waals surface area contributed by atoms with Crippen LogP contribution < -0.4 is 9.64 Å². The molecule has 1 saturated heterocycles. The molecule has 3 heteroatoms. The Kier molecular flexibility index (Phi) is 3.91. The van der Waals surface area contributed by atoms with E-state index in [2.05, 4.69) is 11.0 Å². The second-order valence-electron chi connectivity index (χ2n) is 5.48. The lowest BCUT2D eigenvalue weighted by atomic mass is 9.98. The zero-order chi connectivity index (χ0) is 14.7. The number of hydrogen-bond donors (Lipinski definition) is 0. The molecule has 0 saturated carbocycles. The minimum Gasteiger partial charge on any atom is -0.457 e. The molecule has 108 valence electrons. The van der Waals surface area contributed by atoms with Gasteiger partial charge in [0.15, 0.2) is 0 Å². The van der Waals surface area contributed by atoms with Gasteiger partial charge in [-0.2, -0.15) is 0 Å². The van der Waals surface area contributed by atoms with Crippen LogP contribution in [-0.2, 0) is 4.79 Å². The van der Waals surface area contributed by atoms with Crippen LogP contribution in [0.5, 0.6) is 11.5 Å². The summed E-state index contributed by atoms with van der Waals surface area (Å²) in [6.45, 7) is 3.57. The normalized spacial score (nSPS) is 18.6. The lowest BCUT2D eigenvalue weighted by Gasteiger charge is -2.32. The maximum Gasteiger partial charge on any atom is 0.139 e. The molecule has 1 aliphatic rings. The predicted octanol–water partition coefficient (Wildman–Crippen LogP) is 3.89. The molecule has 0 spiro atoms. The van der Waals surface area contributed by atoms with E-state index in [1.54, 1.807) is 0 Å². The van der Waals surface area contributed by atoms with E-state index in [1.807, 2.05) is 55.5 Å². The van der Waals surface area contributed by atoms with E-state index >= 15 is 0 Å². The number of ketones is 1. The van der Waals surface area contributed by atoms with Crippen LogP contribution in [0.3, 0.4) is 0 Å². The summed E-state index contributed by atoms with van der Waals surface area (Å²) in [6.07, 6.45) is 0.630. The number of carbonyl (C=O) groups excluding carboxylic acids is 1. The Hall–Kier alpha value is -2.29.